The van der Waals surface area contributed by atoms with Crippen LogP contribution < -0.4 is 0 Å². The summed E-state index contributed by atoms with van der Waals surface area (Å²) in [5.41, 5.74) is 5.08. The summed E-state index contributed by atoms with van der Waals surface area (Å²) >= 11 is 6.01. The molecule has 1 aromatic carbocycles. The molecule has 1 aliphatic heterocycles. The number of likely N-dealkylation sites (tertiary alicyclic amines) is 1. The molecule has 6 nitrogen and oxygen atoms in total. The third-order valence-electron chi connectivity index (χ3n) is 5.00. The first-order valence-electron chi connectivity index (χ1n) is 8.72. The normalized spacial score (nSPS) is 15.4. The molecule has 0 atom stereocenters. The van der Waals surface area contributed by atoms with Crippen molar-refractivity contribution in [1.29, 1.82) is 0 Å². The highest BCUT2D eigenvalue weighted by atomic mass is 35.5. The van der Waals surface area contributed by atoms with Gasteiger partial charge in [0, 0.05) is 30.3 Å². The maximum absolute atomic E-state index is 12.6. The van der Waals surface area contributed by atoms with Gasteiger partial charge >= 0.3 is 0 Å². The van der Waals surface area contributed by atoms with E-state index in [-0.39, 0.29) is 5.91 Å². The van der Waals surface area contributed by atoms with Crippen LogP contribution >= 0.6 is 11.6 Å². The molecule has 1 fully saturated rings. The molecule has 0 radical (unpaired) electrons. The Kier molecular flexibility index (Phi) is 4.51. The van der Waals surface area contributed by atoms with E-state index in [1.807, 2.05) is 11.1 Å². The Morgan fingerprint density at radius 3 is 2.65 bits per heavy atom. The number of nitrogens with one attached hydrogen (secondary N) is 2. The summed E-state index contributed by atoms with van der Waals surface area (Å²) in [5.74, 6) is 0.267. The van der Waals surface area contributed by atoms with Crippen LogP contribution in [0.4, 0.5) is 0 Å². The van der Waals surface area contributed by atoms with Crippen LogP contribution in [0.1, 0.15) is 40.5 Å². The molecule has 0 spiro atoms. The maximum atomic E-state index is 12.6. The molecule has 4 rings (SSSR count). The molecule has 1 aliphatic rings. The number of amides is 1. The molecule has 0 saturated carbocycles. The Labute approximate surface area is 156 Å². The summed E-state index contributed by atoms with van der Waals surface area (Å²) in [6.07, 6.45) is 5.13. The predicted octanol–water partition coefficient (Wildman–Crippen LogP) is 3.78. The van der Waals surface area contributed by atoms with E-state index in [2.05, 4.69) is 51.6 Å². The zero-order chi connectivity index (χ0) is 18.1. The topological polar surface area (TPSA) is 77.7 Å². The van der Waals surface area contributed by atoms with Gasteiger partial charge < -0.3 is 4.90 Å². The van der Waals surface area contributed by atoms with E-state index in [4.69, 9.17) is 11.6 Å². The van der Waals surface area contributed by atoms with Crippen LogP contribution in [0.25, 0.3) is 11.1 Å². The number of aromatic amines is 2. The van der Waals surface area contributed by atoms with Crippen LogP contribution in [-0.4, -0.2) is 44.3 Å². The van der Waals surface area contributed by atoms with E-state index in [9.17, 15) is 4.79 Å². The van der Waals surface area contributed by atoms with Crippen molar-refractivity contribution in [2.24, 2.45) is 0 Å². The molecule has 0 unspecified atom stereocenters. The Morgan fingerprint density at radius 2 is 1.96 bits per heavy atom. The van der Waals surface area contributed by atoms with Crippen LogP contribution in [-0.2, 0) is 0 Å². The Morgan fingerprint density at radius 1 is 1.19 bits per heavy atom. The van der Waals surface area contributed by atoms with Crippen LogP contribution in [0, 0.1) is 6.92 Å². The average molecular weight is 370 g/mol. The van der Waals surface area contributed by atoms with Crippen molar-refractivity contribution in [3.8, 4) is 11.1 Å². The lowest BCUT2D eigenvalue weighted by atomic mass is 9.89. The van der Waals surface area contributed by atoms with Crippen molar-refractivity contribution >= 4 is 17.5 Å². The van der Waals surface area contributed by atoms with E-state index in [1.165, 1.54) is 17.3 Å². The van der Waals surface area contributed by atoms with Gasteiger partial charge in [0.2, 0.25) is 0 Å². The zero-order valence-electron chi connectivity index (χ0n) is 14.5. The largest absolute Gasteiger partial charge is 0.337 e. The van der Waals surface area contributed by atoms with Gasteiger partial charge in [0.05, 0.1) is 17.4 Å². The number of halogens is 1. The van der Waals surface area contributed by atoms with E-state index >= 15 is 0 Å². The van der Waals surface area contributed by atoms with Crippen LogP contribution in [0.3, 0.4) is 0 Å². The van der Waals surface area contributed by atoms with Crippen molar-refractivity contribution in [2.45, 2.75) is 25.7 Å². The quantitative estimate of drug-likeness (QED) is 0.737. The van der Waals surface area contributed by atoms with Crippen LogP contribution in [0.15, 0.2) is 36.7 Å². The lowest BCUT2D eigenvalue weighted by molar-refractivity contribution is 0.0706. The van der Waals surface area contributed by atoms with Crippen molar-refractivity contribution in [2.75, 3.05) is 13.1 Å². The number of carbonyl (C=O) groups excluding carboxylic acids is 1. The Balaban J connectivity index is 1.49. The molecular weight excluding hydrogens is 350 g/mol. The van der Waals surface area contributed by atoms with Gasteiger partial charge in [-0.05, 0) is 25.3 Å². The van der Waals surface area contributed by atoms with Gasteiger partial charge in [-0.3, -0.25) is 15.0 Å². The van der Waals surface area contributed by atoms with E-state index in [1.54, 1.807) is 0 Å². The predicted molar refractivity (Wildman–Crippen MR) is 100 cm³/mol. The number of rotatable bonds is 3. The van der Waals surface area contributed by atoms with Gasteiger partial charge in [-0.2, -0.15) is 10.2 Å². The highest BCUT2D eigenvalue weighted by Crippen LogP contribution is 2.34. The van der Waals surface area contributed by atoms with Gasteiger partial charge in [-0.15, -0.1) is 0 Å². The molecule has 3 heterocycles. The molecule has 0 aliphatic carbocycles. The third-order valence-corrected chi connectivity index (χ3v) is 5.28. The third kappa shape index (κ3) is 3.12. The minimum Gasteiger partial charge on any atom is -0.337 e. The van der Waals surface area contributed by atoms with Crippen molar-refractivity contribution in [3.05, 3.63) is 58.6 Å². The number of hydrogen-bond acceptors (Lipinski definition) is 3. The molecule has 1 saturated heterocycles. The van der Waals surface area contributed by atoms with Gasteiger partial charge in [-0.25, -0.2) is 0 Å². The van der Waals surface area contributed by atoms with Gasteiger partial charge in [0.1, 0.15) is 5.69 Å². The fraction of sp³-hybridized carbons (Fsp3) is 0.316. The number of hydrogen-bond donors (Lipinski definition) is 2. The zero-order valence-corrected chi connectivity index (χ0v) is 15.3. The second-order valence-corrected chi connectivity index (χ2v) is 7.13. The smallest absolute Gasteiger partial charge is 0.273 e. The van der Waals surface area contributed by atoms with E-state index in [0.29, 0.717) is 29.7 Å². The second kappa shape index (κ2) is 6.96. The first-order valence-corrected chi connectivity index (χ1v) is 9.09. The molecule has 0 bridgehead atoms. The fourth-order valence-corrected chi connectivity index (χ4v) is 3.77. The maximum Gasteiger partial charge on any atom is 0.273 e. The molecule has 7 heteroatoms. The van der Waals surface area contributed by atoms with Gasteiger partial charge in [0.25, 0.3) is 5.91 Å². The standard InChI is InChI=1S/C19H20ClN5O/c1-12-3-2-4-14(9-12)15-10-21-23-17(15)13-5-7-25(8-6-13)19(26)18-16(20)11-22-24-18/h2-4,9-11,13H,5-8H2,1H3,(H,21,23)(H,22,24). The number of carbonyl (C=O) groups is 1. The lowest BCUT2D eigenvalue weighted by Crippen LogP contribution is -2.38. The molecule has 26 heavy (non-hydrogen) atoms. The number of H-pyrrole nitrogens is 2. The highest BCUT2D eigenvalue weighted by Gasteiger charge is 2.28. The minimum absolute atomic E-state index is 0.0885. The molecule has 2 N–H and O–H groups in total. The average Bonchev–Trinajstić information content (AvgIpc) is 3.30. The number of piperidine rings is 1. The van der Waals surface area contributed by atoms with E-state index < -0.39 is 0 Å². The summed E-state index contributed by atoms with van der Waals surface area (Å²) in [6, 6.07) is 8.44. The van der Waals surface area contributed by atoms with Crippen LogP contribution in [0.5, 0.6) is 0 Å². The first-order chi connectivity index (χ1) is 12.6. The van der Waals surface area contributed by atoms with Crippen LogP contribution in [0.2, 0.25) is 5.02 Å². The first kappa shape index (κ1) is 16.8. The summed E-state index contributed by atoms with van der Waals surface area (Å²) in [7, 11) is 0. The molecular formula is C19H20ClN5O. The Hall–Kier alpha value is -2.60. The van der Waals surface area contributed by atoms with Crippen molar-refractivity contribution in [1.82, 2.24) is 25.3 Å². The summed E-state index contributed by atoms with van der Waals surface area (Å²) in [5, 5.41) is 14.3. The monoisotopic (exact) mass is 369 g/mol. The fourth-order valence-electron chi connectivity index (χ4n) is 3.60. The summed E-state index contributed by atoms with van der Waals surface area (Å²) in [6.45, 7) is 3.46. The molecule has 1 amide bonds. The molecule has 134 valence electrons. The number of aryl methyl sites for hydroxylation is 1. The highest BCUT2D eigenvalue weighted by molar-refractivity contribution is 6.33. The number of benzene rings is 1. The molecule has 3 aromatic rings. The van der Waals surface area contributed by atoms with Crippen molar-refractivity contribution < 1.29 is 4.79 Å². The number of nitrogens with zero attached hydrogens (tertiary/aromatic N) is 3. The number of aromatic nitrogens is 4. The summed E-state index contributed by atoms with van der Waals surface area (Å²) in [4.78, 5) is 14.4. The summed E-state index contributed by atoms with van der Waals surface area (Å²) < 4.78 is 0. The van der Waals surface area contributed by atoms with Gasteiger partial charge in [0.15, 0.2) is 0 Å². The van der Waals surface area contributed by atoms with E-state index in [0.717, 1.165) is 24.1 Å². The Bertz CT molecular complexity index is 923. The SMILES string of the molecule is Cc1cccc(-c2cn[nH]c2C2CCN(C(=O)c3[nH]ncc3Cl)CC2)c1. The van der Waals surface area contributed by atoms with Crippen molar-refractivity contribution in [3.63, 3.8) is 0 Å². The second-order valence-electron chi connectivity index (χ2n) is 6.73. The van der Waals surface area contributed by atoms with Gasteiger partial charge in [-0.1, -0.05) is 41.4 Å². The molecule has 2 aromatic heterocycles. The minimum atomic E-state index is -0.0885. The lowest BCUT2D eigenvalue weighted by Gasteiger charge is -2.31.